The van der Waals surface area contributed by atoms with Gasteiger partial charge in [0.2, 0.25) is 5.91 Å². The van der Waals surface area contributed by atoms with Gasteiger partial charge in [-0.05, 0) is 18.2 Å². The zero-order valence-electron chi connectivity index (χ0n) is 13.4. The summed E-state index contributed by atoms with van der Waals surface area (Å²) in [6.07, 6.45) is 2.74. The minimum atomic E-state index is -0.811. The lowest BCUT2D eigenvalue weighted by Crippen LogP contribution is -2.53. The quantitative estimate of drug-likeness (QED) is 0.414. The highest BCUT2D eigenvalue weighted by molar-refractivity contribution is 7.99. The Kier molecular flexibility index (Phi) is 6.21. The van der Waals surface area contributed by atoms with Gasteiger partial charge in [-0.15, -0.1) is 11.8 Å². The van der Waals surface area contributed by atoms with E-state index < -0.39 is 11.9 Å². The standard InChI is InChI=1S/C17H21NO4S/c1-3-13(14(19)10-18-15(20)9-16(18)23-2)17(21)22-11-12-7-5-4-6-8-12/h4-8,13,16H,3,9-11H2,1-2H3. The van der Waals surface area contributed by atoms with Crippen LogP contribution in [0.3, 0.4) is 0 Å². The molecule has 0 N–H and O–H groups in total. The number of ether oxygens (including phenoxy) is 1. The Labute approximate surface area is 140 Å². The Bertz CT molecular complexity index is 575. The fourth-order valence-electron chi connectivity index (χ4n) is 2.46. The number of hydrogen-bond donors (Lipinski definition) is 0. The number of rotatable bonds is 8. The monoisotopic (exact) mass is 335 g/mol. The molecule has 0 saturated carbocycles. The Morgan fingerprint density at radius 3 is 2.61 bits per heavy atom. The molecule has 0 aliphatic carbocycles. The lowest BCUT2D eigenvalue weighted by atomic mass is 9.99. The molecule has 5 nitrogen and oxygen atoms in total. The molecule has 1 aromatic rings. The van der Waals surface area contributed by atoms with Crippen LogP contribution < -0.4 is 0 Å². The molecule has 2 atom stereocenters. The van der Waals surface area contributed by atoms with Gasteiger partial charge < -0.3 is 9.64 Å². The number of nitrogens with zero attached hydrogens (tertiary/aromatic N) is 1. The summed E-state index contributed by atoms with van der Waals surface area (Å²) in [6, 6.07) is 9.33. The first-order valence-electron chi connectivity index (χ1n) is 7.62. The predicted molar refractivity (Wildman–Crippen MR) is 88.7 cm³/mol. The SMILES string of the molecule is CCC(C(=O)CN1C(=O)CC1SC)C(=O)OCc1ccccc1. The summed E-state index contributed by atoms with van der Waals surface area (Å²) in [4.78, 5) is 37.6. The van der Waals surface area contributed by atoms with Crippen molar-refractivity contribution < 1.29 is 19.1 Å². The maximum Gasteiger partial charge on any atom is 0.316 e. The van der Waals surface area contributed by atoms with Gasteiger partial charge in [0.25, 0.3) is 0 Å². The second kappa shape index (κ2) is 8.15. The number of ketones is 1. The molecule has 1 heterocycles. The Morgan fingerprint density at radius 2 is 2.04 bits per heavy atom. The fourth-order valence-corrected chi connectivity index (χ4v) is 3.21. The minimum absolute atomic E-state index is 0.0106. The van der Waals surface area contributed by atoms with Crippen molar-refractivity contribution in [2.24, 2.45) is 5.92 Å². The van der Waals surface area contributed by atoms with Crippen molar-refractivity contribution in [1.82, 2.24) is 4.90 Å². The van der Waals surface area contributed by atoms with E-state index in [9.17, 15) is 14.4 Å². The summed E-state index contributed by atoms with van der Waals surface area (Å²) in [7, 11) is 0. The van der Waals surface area contributed by atoms with E-state index in [1.54, 1.807) is 6.92 Å². The Balaban J connectivity index is 1.88. The second-order valence-corrected chi connectivity index (χ2v) is 6.45. The van der Waals surface area contributed by atoms with Crippen molar-refractivity contribution in [3.05, 3.63) is 35.9 Å². The van der Waals surface area contributed by atoms with Crippen LogP contribution in [-0.4, -0.2) is 40.7 Å². The van der Waals surface area contributed by atoms with Crippen LogP contribution in [0.15, 0.2) is 30.3 Å². The van der Waals surface area contributed by atoms with Gasteiger partial charge in [-0.1, -0.05) is 37.3 Å². The molecule has 124 valence electrons. The van der Waals surface area contributed by atoms with Gasteiger partial charge in [0.1, 0.15) is 12.5 Å². The highest BCUT2D eigenvalue weighted by atomic mass is 32.2. The third-order valence-electron chi connectivity index (χ3n) is 3.92. The number of thioether (sulfide) groups is 1. The molecule has 2 unspecified atom stereocenters. The molecule has 0 bridgehead atoms. The number of amides is 1. The van der Waals surface area contributed by atoms with Crippen LogP contribution in [-0.2, 0) is 25.7 Å². The van der Waals surface area contributed by atoms with Crippen LogP contribution in [0.1, 0.15) is 25.3 Å². The summed E-state index contributed by atoms with van der Waals surface area (Å²) in [5, 5.41) is 0.0456. The van der Waals surface area contributed by atoms with E-state index in [1.165, 1.54) is 16.7 Å². The van der Waals surface area contributed by atoms with Crippen molar-refractivity contribution in [2.75, 3.05) is 12.8 Å². The maximum atomic E-state index is 12.3. The van der Waals surface area contributed by atoms with Gasteiger partial charge in [-0.3, -0.25) is 14.4 Å². The van der Waals surface area contributed by atoms with Crippen LogP contribution in [0.2, 0.25) is 0 Å². The lowest BCUT2D eigenvalue weighted by Gasteiger charge is -2.39. The number of Topliss-reactive ketones (excluding diaryl/α,β-unsaturated/α-hetero) is 1. The fraction of sp³-hybridized carbons (Fsp3) is 0.471. The first-order valence-corrected chi connectivity index (χ1v) is 8.91. The molecule has 1 aliphatic rings. The van der Waals surface area contributed by atoms with Gasteiger partial charge in [0, 0.05) is 0 Å². The summed E-state index contributed by atoms with van der Waals surface area (Å²) in [6.45, 7) is 1.92. The van der Waals surface area contributed by atoms with E-state index in [1.807, 2.05) is 36.6 Å². The van der Waals surface area contributed by atoms with E-state index in [0.29, 0.717) is 12.8 Å². The van der Waals surface area contributed by atoms with E-state index in [2.05, 4.69) is 0 Å². The van der Waals surface area contributed by atoms with Crippen molar-refractivity contribution in [1.29, 1.82) is 0 Å². The van der Waals surface area contributed by atoms with E-state index in [4.69, 9.17) is 4.74 Å². The van der Waals surface area contributed by atoms with Crippen LogP contribution in [0.5, 0.6) is 0 Å². The largest absolute Gasteiger partial charge is 0.460 e. The average Bonchev–Trinajstić information content (AvgIpc) is 2.57. The maximum absolute atomic E-state index is 12.3. The first kappa shape index (κ1) is 17.5. The number of likely N-dealkylation sites (tertiary alicyclic amines) is 1. The van der Waals surface area contributed by atoms with Gasteiger partial charge in [-0.25, -0.2) is 0 Å². The average molecular weight is 335 g/mol. The summed E-state index contributed by atoms with van der Waals surface area (Å²) in [5.41, 5.74) is 0.878. The minimum Gasteiger partial charge on any atom is -0.460 e. The third kappa shape index (κ3) is 4.34. The van der Waals surface area contributed by atoms with Gasteiger partial charge in [0.15, 0.2) is 5.78 Å². The van der Waals surface area contributed by atoms with E-state index in [0.717, 1.165) is 5.56 Å². The van der Waals surface area contributed by atoms with Crippen LogP contribution in [0.25, 0.3) is 0 Å². The van der Waals surface area contributed by atoms with Crippen molar-refractivity contribution in [3.63, 3.8) is 0 Å². The number of β-lactam (4-membered cyclic amide) rings is 1. The number of hydrogen-bond acceptors (Lipinski definition) is 5. The van der Waals surface area contributed by atoms with Crippen LogP contribution in [0, 0.1) is 5.92 Å². The molecule has 1 aromatic carbocycles. The van der Waals surface area contributed by atoms with Crippen molar-refractivity contribution in [2.45, 2.75) is 31.7 Å². The molecular weight excluding hydrogens is 314 g/mol. The molecular formula is C17H21NO4S. The molecule has 6 heteroatoms. The van der Waals surface area contributed by atoms with Crippen LogP contribution >= 0.6 is 11.8 Å². The number of carbonyl (C=O) groups excluding carboxylic acids is 3. The van der Waals surface area contributed by atoms with E-state index >= 15 is 0 Å². The Morgan fingerprint density at radius 1 is 1.35 bits per heavy atom. The third-order valence-corrected chi connectivity index (χ3v) is 4.89. The number of esters is 1. The summed E-state index contributed by atoms with van der Waals surface area (Å²) < 4.78 is 5.25. The molecule has 2 rings (SSSR count). The number of benzene rings is 1. The summed E-state index contributed by atoms with van der Waals surface area (Å²) in [5.74, 6) is -1.62. The van der Waals surface area contributed by atoms with Gasteiger partial charge in [0.05, 0.1) is 18.3 Å². The summed E-state index contributed by atoms with van der Waals surface area (Å²) >= 11 is 1.54. The topological polar surface area (TPSA) is 63.7 Å². The van der Waals surface area contributed by atoms with Gasteiger partial charge in [-0.2, -0.15) is 0 Å². The van der Waals surface area contributed by atoms with Crippen molar-refractivity contribution >= 4 is 29.4 Å². The van der Waals surface area contributed by atoms with Crippen molar-refractivity contribution in [3.8, 4) is 0 Å². The van der Waals surface area contributed by atoms with Crippen LogP contribution in [0.4, 0.5) is 0 Å². The predicted octanol–water partition coefficient (Wildman–Crippen LogP) is 2.25. The molecule has 1 saturated heterocycles. The second-order valence-electron chi connectivity index (χ2n) is 5.44. The molecule has 0 aromatic heterocycles. The number of carbonyl (C=O) groups is 3. The molecule has 1 fully saturated rings. The Hall–Kier alpha value is -1.82. The molecule has 0 spiro atoms. The highest BCUT2D eigenvalue weighted by Crippen LogP contribution is 2.27. The highest BCUT2D eigenvalue weighted by Gasteiger charge is 2.38. The first-order chi connectivity index (χ1) is 11.1. The molecule has 1 aliphatic heterocycles. The lowest BCUT2D eigenvalue weighted by molar-refractivity contribution is -0.156. The molecule has 23 heavy (non-hydrogen) atoms. The molecule has 0 radical (unpaired) electrons. The normalized spacial score (nSPS) is 18.3. The zero-order valence-corrected chi connectivity index (χ0v) is 14.2. The zero-order chi connectivity index (χ0) is 16.8. The van der Waals surface area contributed by atoms with Gasteiger partial charge >= 0.3 is 5.97 Å². The smallest absolute Gasteiger partial charge is 0.316 e. The van der Waals surface area contributed by atoms with E-state index in [-0.39, 0.29) is 30.2 Å². The molecule has 1 amide bonds.